The lowest BCUT2D eigenvalue weighted by atomic mass is 10.1. The van der Waals surface area contributed by atoms with E-state index in [4.69, 9.17) is 4.74 Å². The lowest BCUT2D eigenvalue weighted by molar-refractivity contribution is -0.129. The summed E-state index contributed by atoms with van der Waals surface area (Å²) in [7, 11) is 1.59. The van der Waals surface area contributed by atoms with Crippen LogP contribution in [-0.4, -0.2) is 65.5 Å². The Morgan fingerprint density at radius 3 is 3.05 bits per heavy atom. The first kappa shape index (κ1) is 14.9. The number of carbonyl (C=O) groups is 2. The van der Waals surface area contributed by atoms with Gasteiger partial charge in [0.05, 0.1) is 30.5 Å². The molecule has 0 unspecified atom stereocenters. The smallest absolute Gasteiger partial charge is 0.257 e. The standard InChI is InChI=1S/C15H18FN3O3/c1-22-7-6-18-12-3-5-19(13(12)8-14(18)20)15(21)10-2-4-17-9-11(10)16/h2,4,9,12-13H,3,5-8H2,1H3/t12-,13-/m1/s1. The number of methoxy groups -OCH3 is 1. The van der Waals surface area contributed by atoms with E-state index in [1.807, 2.05) is 0 Å². The number of ether oxygens (including phenoxy) is 1. The molecule has 0 bridgehead atoms. The zero-order valence-electron chi connectivity index (χ0n) is 12.4. The van der Waals surface area contributed by atoms with Gasteiger partial charge in [0, 0.05) is 32.8 Å². The number of aromatic nitrogens is 1. The lowest BCUT2D eigenvalue weighted by Gasteiger charge is -2.25. The minimum atomic E-state index is -0.628. The summed E-state index contributed by atoms with van der Waals surface area (Å²) in [4.78, 5) is 31.7. The fourth-order valence-corrected chi connectivity index (χ4v) is 3.36. The summed E-state index contributed by atoms with van der Waals surface area (Å²) in [6, 6.07) is 1.21. The minimum Gasteiger partial charge on any atom is -0.383 e. The summed E-state index contributed by atoms with van der Waals surface area (Å²) in [5, 5.41) is 0. The molecule has 6 nitrogen and oxygen atoms in total. The third-order valence-corrected chi connectivity index (χ3v) is 4.41. The third kappa shape index (κ3) is 2.45. The molecule has 2 saturated heterocycles. The van der Waals surface area contributed by atoms with Crippen molar-refractivity contribution in [3.63, 3.8) is 0 Å². The van der Waals surface area contributed by atoms with Gasteiger partial charge in [-0.3, -0.25) is 14.6 Å². The maximum atomic E-state index is 13.8. The van der Waals surface area contributed by atoms with Crippen molar-refractivity contribution in [1.82, 2.24) is 14.8 Å². The first-order valence-corrected chi connectivity index (χ1v) is 7.32. The van der Waals surface area contributed by atoms with E-state index in [0.717, 1.165) is 12.6 Å². The zero-order chi connectivity index (χ0) is 15.7. The molecule has 0 saturated carbocycles. The molecule has 2 aliphatic heterocycles. The number of hydrogen-bond acceptors (Lipinski definition) is 4. The van der Waals surface area contributed by atoms with E-state index in [2.05, 4.69) is 4.98 Å². The molecule has 118 valence electrons. The number of halogens is 1. The maximum Gasteiger partial charge on any atom is 0.257 e. The van der Waals surface area contributed by atoms with Crippen molar-refractivity contribution in [2.45, 2.75) is 24.9 Å². The predicted octanol–water partition coefficient (Wildman–Crippen LogP) is 0.682. The number of fused-ring (bicyclic) bond motifs is 1. The van der Waals surface area contributed by atoms with Crippen LogP contribution in [0.2, 0.25) is 0 Å². The van der Waals surface area contributed by atoms with Gasteiger partial charge in [0.1, 0.15) is 0 Å². The Morgan fingerprint density at radius 2 is 2.32 bits per heavy atom. The molecular formula is C15H18FN3O3. The normalized spacial score (nSPS) is 24.0. The van der Waals surface area contributed by atoms with Gasteiger partial charge >= 0.3 is 0 Å². The molecule has 0 radical (unpaired) electrons. The third-order valence-electron chi connectivity index (χ3n) is 4.41. The molecule has 22 heavy (non-hydrogen) atoms. The molecule has 1 aromatic rings. The molecule has 2 amide bonds. The van der Waals surface area contributed by atoms with Gasteiger partial charge in [0.2, 0.25) is 5.91 Å². The summed E-state index contributed by atoms with van der Waals surface area (Å²) in [5.74, 6) is -0.968. The summed E-state index contributed by atoms with van der Waals surface area (Å²) in [6.45, 7) is 1.54. The summed E-state index contributed by atoms with van der Waals surface area (Å²) < 4.78 is 18.8. The van der Waals surface area contributed by atoms with Crippen molar-refractivity contribution in [3.8, 4) is 0 Å². The summed E-state index contributed by atoms with van der Waals surface area (Å²) >= 11 is 0. The minimum absolute atomic E-state index is 0.0106. The van der Waals surface area contributed by atoms with Crippen LogP contribution in [0.3, 0.4) is 0 Å². The molecule has 2 aliphatic rings. The molecule has 0 N–H and O–H groups in total. The SMILES string of the molecule is COCCN1C(=O)C[C@@H]2[C@H]1CCN2C(=O)c1ccncc1F. The van der Waals surface area contributed by atoms with Gasteiger partial charge in [-0.2, -0.15) is 0 Å². The van der Waals surface area contributed by atoms with Crippen LogP contribution in [0.15, 0.2) is 18.5 Å². The van der Waals surface area contributed by atoms with E-state index in [0.29, 0.717) is 26.1 Å². The van der Waals surface area contributed by atoms with Crippen LogP contribution < -0.4 is 0 Å². The Morgan fingerprint density at radius 1 is 1.50 bits per heavy atom. The largest absolute Gasteiger partial charge is 0.383 e. The van der Waals surface area contributed by atoms with Gasteiger partial charge in [0.25, 0.3) is 5.91 Å². The number of pyridine rings is 1. The van der Waals surface area contributed by atoms with Crippen LogP contribution in [-0.2, 0) is 9.53 Å². The summed E-state index contributed by atoms with van der Waals surface area (Å²) in [6.07, 6.45) is 3.45. The average molecular weight is 307 g/mol. The van der Waals surface area contributed by atoms with E-state index < -0.39 is 5.82 Å². The molecule has 0 aliphatic carbocycles. The second-order valence-corrected chi connectivity index (χ2v) is 5.56. The molecule has 2 atom stereocenters. The van der Waals surface area contributed by atoms with Gasteiger partial charge in [-0.1, -0.05) is 0 Å². The quantitative estimate of drug-likeness (QED) is 0.821. The van der Waals surface area contributed by atoms with Crippen molar-refractivity contribution in [2.75, 3.05) is 26.8 Å². The van der Waals surface area contributed by atoms with Crippen molar-refractivity contribution in [3.05, 3.63) is 29.8 Å². The van der Waals surface area contributed by atoms with Gasteiger partial charge in [-0.15, -0.1) is 0 Å². The molecule has 3 rings (SSSR count). The molecule has 2 fully saturated rings. The van der Waals surface area contributed by atoms with Gasteiger partial charge in [-0.25, -0.2) is 4.39 Å². The first-order valence-electron chi connectivity index (χ1n) is 7.32. The van der Waals surface area contributed by atoms with Crippen LogP contribution in [0.5, 0.6) is 0 Å². The highest BCUT2D eigenvalue weighted by Gasteiger charge is 2.48. The van der Waals surface area contributed by atoms with Gasteiger partial charge in [-0.05, 0) is 12.5 Å². The molecule has 1 aromatic heterocycles. The monoisotopic (exact) mass is 307 g/mol. The highest BCUT2D eigenvalue weighted by Crippen LogP contribution is 2.33. The predicted molar refractivity (Wildman–Crippen MR) is 75.6 cm³/mol. The first-order chi connectivity index (χ1) is 10.6. The number of likely N-dealkylation sites (tertiary alicyclic amines) is 2. The number of hydrogen-bond donors (Lipinski definition) is 0. The molecular weight excluding hydrogens is 289 g/mol. The van der Waals surface area contributed by atoms with Crippen LogP contribution in [0.25, 0.3) is 0 Å². The Labute approximate surface area is 127 Å². The molecule has 3 heterocycles. The van der Waals surface area contributed by atoms with E-state index in [1.165, 1.54) is 12.3 Å². The lowest BCUT2D eigenvalue weighted by Crippen LogP contribution is -2.41. The number of amides is 2. The van der Waals surface area contributed by atoms with Crippen LogP contribution in [0, 0.1) is 5.82 Å². The summed E-state index contributed by atoms with van der Waals surface area (Å²) in [5.41, 5.74) is 0.0124. The van der Waals surface area contributed by atoms with E-state index >= 15 is 0 Å². The van der Waals surface area contributed by atoms with Crippen LogP contribution in [0.4, 0.5) is 4.39 Å². The Kier molecular flexibility index (Phi) is 4.06. The highest BCUT2D eigenvalue weighted by atomic mass is 19.1. The molecule has 0 spiro atoms. The van der Waals surface area contributed by atoms with Crippen molar-refractivity contribution < 1.29 is 18.7 Å². The van der Waals surface area contributed by atoms with Crippen LogP contribution >= 0.6 is 0 Å². The van der Waals surface area contributed by atoms with Crippen molar-refractivity contribution >= 4 is 11.8 Å². The topological polar surface area (TPSA) is 62.7 Å². The van der Waals surface area contributed by atoms with Crippen LogP contribution in [0.1, 0.15) is 23.2 Å². The number of carbonyl (C=O) groups excluding carboxylic acids is 2. The highest BCUT2D eigenvalue weighted by molar-refractivity contribution is 5.95. The zero-order valence-corrected chi connectivity index (χ0v) is 12.4. The molecule has 0 aromatic carbocycles. The second kappa shape index (κ2) is 6.00. The Bertz CT molecular complexity index is 595. The van der Waals surface area contributed by atoms with E-state index in [1.54, 1.807) is 16.9 Å². The fourth-order valence-electron chi connectivity index (χ4n) is 3.36. The van der Waals surface area contributed by atoms with Gasteiger partial charge in [0.15, 0.2) is 5.82 Å². The Hall–Kier alpha value is -2.02. The van der Waals surface area contributed by atoms with Crippen molar-refractivity contribution in [1.29, 1.82) is 0 Å². The second-order valence-electron chi connectivity index (χ2n) is 5.56. The average Bonchev–Trinajstić information content (AvgIpc) is 3.03. The number of rotatable bonds is 4. The number of nitrogens with zero attached hydrogens (tertiary/aromatic N) is 3. The van der Waals surface area contributed by atoms with E-state index in [-0.39, 0.29) is 29.5 Å². The maximum absolute atomic E-state index is 13.8. The molecule has 7 heteroatoms. The van der Waals surface area contributed by atoms with E-state index in [9.17, 15) is 14.0 Å². The van der Waals surface area contributed by atoms with Gasteiger partial charge < -0.3 is 14.5 Å². The van der Waals surface area contributed by atoms with Crippen molar-refractivity contribution in [2.24, 2.45) is 0 Å². The fraction of sp³-hybridized carbons (Fsp3) is 0.533. The Balaban J connectivity index is 1.77.